The maximum absolute atomic E-state index is 12.4. The van der Waals surface area contributed by atoms with Crippen LogP contribution in [-0.2, 0) is 23.8 Å². The Kier molecular flexibility index (Phi) is 5.77. The molecule has 10 nitrogen and oxygen atoms in total. The summed E-state index contributed by atoms with van der Waals surface area (Å²) in [6.07, 6.45) is -0.475. The smallest absolute Gasteiger partial charge is 0.338 e. The fourth-order valence-corrected chi connectivity index (χ4v) is 2.70. The van der Waals surface area contributed by atoms with Crippen molar-refractivity contribution in [1.29, 1.82) is 5.26 Å². The van der Waals surface area contributed by atoms with E-state index in [1.807, 2.05) is 6.07 Å². The molecule has 0 amide bonds. The number of nitriles is 1. The first-order valence-electron chi connectivity index (χ1n) is 7.54. The number of benzene rings is 1. The van der Waals surface area contributed by atoms with Crippen molar-refractivity contribution in [2.75, 3.05) is 14.2 Å². The van der Waals surface area contributed by atoms with Crippen molar-refractivity contribution < 1.29 is 28.7 Å². The molecule has 1 aromatic carbocycles. The second-order valence-electron chi connectivity index (χ2n) is 5.32. The summed E-state index contributed by atoms with van der Waals surface area (Å²) in [4.78, 5) is 34.9. The highest BCUT2D eigenvalue weighted by Gasteiger charge is 2.40. The van der Waals surface area contributed by atoms with Crippen LogP contribution >= 0.6 is 0 Å². The molecule has 2 rings (SSSR count). The third kappa shape index (κ3) is 3.72. The fourth-order valence-electron chi connectivity index (χ4n) is 2.70. The summed E-state index contributed by atoms with van der Waals surface area (Å²) in [5, 5.41) is 20.9. The topological polar surface area (TPSA) is 155 Å². The number of para-hydroxylation sites is 1. The number of carbonyl (C=O) groups excluding carboxylic acids is 2. The van der Waals surface area contributed by atoms with Crippen LogP contribution in [0.1, 0.15) is 17.9 Å². The summed E-state index contributed by atoms with van der Waals surface area (Å²) >= 11 is 0. The van der Waals surface area contributed by atoms with E-state index in [0.29, 0.717) is 0 Å². The lowest BCUT2D eigenvalue weighted by atomic mass is 9.81. The van der Waals surface area contributed by atoms with E-state index >= 15 is 0 Å². The first-order chi connectivity index (χ1) is 12.8. The van der Waals surface area contributed by atoms with E-state index in [4.69, 9.17) is 15.2 Å². The Morgan fingerprint density at radius 1 is 1.33 bits per heavy atom. The highest BCUT2D eigenvalue weighted by atomic mass is 16.6. The molecular weight excluding hydrogens is 358 g/mol. The second kappa shape index (κ2) is 8.01. The lowest BCUT2D eigenvalue weighted by Crippen LogP contribution is -2.27. The van der Waals surface area contributed by atoms with Crippen LogP contribution in [0.5, 0.6) is 0 Å². The molecule has 27 heavy (non-hydrogen) atoms. The average molecular weight is 373 g/mol. The molecule has 2 N–H and O–H groups in total. The number of nitro groups is 1. The molecule has 140 valence electrons. The van der Waals surface area contributed by atoms with Gasteiger partial charge in [0.2, 0.25) is 5.88 Å². The zero-order valence-corrected chi connectivity index (χ0v) is 14.4. The Labute approximate surface area is 153 Å². The molecule has 1 atom stereocenters. The van der Waals surface area contributed by atoms with Gasteiger partial charge in [0.1, 0.15) is 23.8 Å². The SMILES string of the molecule is COC(=O)CC1=C(C(=O)OC)[C@H](c2ccccc2[N+](=O)[O-])C(C#N)=C(N)O1. The van der Waals surface area contributed by atoms with Gasteiger partial charge in [0.25, 0.3) is 5.69 Å². The molecular formula is C17H15N3O7. The minimum absolute atomic E-state index is 0.0352. The molecule has 0 radical (unpaired) electrons. The number of ether oxygens (including phenoxy) is 3. The van der Waals surface area contributed by atoms with Gasteiger partial charge in [-0.2, -0.15) is 5.26 Å². The molecule has 1 heterocycles. The van der Waals surface area contributed by atoms with Crippen LogP contribution in [-0.4, -0.2) is 31.1 Å². The van der Waals surface area contributed by atoms with Crippen molar-refractivity contribution >= 4 is 17.6 Å². The average Bonchev–Trinajstić information content (AvgIpc) is 2.66. The summed E-state index contributed by atoms with van der Waals surface area (Å²) in [5.41, 5.74) is 5.04. The van der Waals surface area contributed by atoms with Gasteiger partial charge in [0, 0.05) is 11.6 Å². The lowest BCUT2D eigenvalue weighted by molar-refractivity contribution is -0.385. The van der Waals surface area contributed by atoms with Crippen molar-refractivity contribution in [1.82, 2.24) is 0 Å². The number of rotatable bonds is 5. The van der Waals surface area contributed by atoms with Crippen LogP contribution in [0.2, 0.25) is 0 Å². The Morgan fingerprint density at radius 2 is 2.00 bits per heavy atom. The molecule has 0 saturated carbocycles. The predicted molar refractivity (Wildman–Crippen MR) is 89.4 cm³/mol. The van der Waals surface area contributed by atoms with E-state index in [1.165, 1.54) is 24.3 Å². The third-order valence-corrected chi connectivity index (χ3v) is 3.88. The third-order valence-electron chi connectivity index (χ3n) is 3.88. The minimum Gasteiger partial charge on any atom is -0.469 e. The Balaban J connectivity index is 2.79. The van der Waals surface area contributed by atoms with Crippen molar-refractivity contribution in [3.63, 3.8) is 0 Å². The zero-order chi connectivity index (χ0) is 20.1. The highest BCUT2D eigenvalue weighted by Crippen LogP contribution is 2.43. The lowest BCUT2D eigenvalue weighted by Gasteiger charge is -2.27. The number of hydrogen-bond acceptors (Lipinski definition) is 9. The van der Waals surface area contributed by atoms with Gasteiger partial charge in [-0.3, -0.25) is 14.9 Å². The largest absolute Gasteiger partial charge is 0.469 e. The number of allylic oxidation sites excluding steroid dienone is 1. The van der Waals surface area contributed by atoms with Crippen molar-refractivity contribution in [2.45, 2.75) is 12.3 Å². The molecule has 1 aliphatic heterocycles. The monoisotopic (exact) mass is 373 g/mol. The van der Waals surface area contributed by atoms with Crippen LogP contribution < -0.4 is 5.73 Å². The van der Waals surface area contributed by atoms with Gasteiger partial charge in [-0.15, -0.1) is 0 Å². The first-order valence-corrected chi connectivity index (χ1v) is 7.54. The summed E-state index contributed by atoms with van der Waals surface area (Å²) in [5.74, 6) is -3.46. The second-order valence-corrected chi connectivity index (χ2v) is 5.32. The molecule has 1 aliphatic rings. The zero-order valence-electron chi connectivity index (χ0n) is 14.4. The normalized spacial score (nSPS) is 16.3. The van der Waals surface area contributed by atoms with Gasteiger partial charge in [-0.25, -0.2) is 4.79 Å². The number of hydrogen-bond donors (Lipinski definition) is 1. The molecule has 0 aromatic heterocycles. The van der Waals surface area contributed by atoms with E-state index in [1.54, 1.807) is 0 Å². The molecule has 0 fully saturated rings. The van der Waals surface area contributed by atoms with Crippen LogP contribution in [0.4, 0.5) is 5.69 Å². The summed E-state index contributed by atoms with van der Waals surface area (Å²) < 4.78 is 14.6. The standard InChI is InChI=1S/C17H15N3O7/c1-25-13(21)7-12-15(17(22)26-2)14(10(8-18)16(19)27-12)9-5-3-4-6-11(9)20(23)24/h3-6,14H,7,19H2,1-2H3/t14-/m1/s1. The summed E-state index contributed by atoms with van der Waals surface area (Å²) in [7, 11) is 2.23. The first kappa shape index (κ1) is 19.5. The van der Waals surface area contributed by atoms with Gasteiger partial charge in [-0.1, -0.05) is 18.2 Å². The van der Waals surface area contributed by atoms with Crippen molar-refractivity contribution in [2.24, 2.45) is 5.73 Å². The van der Waals surface area contributed by atoms with Gasteiger partial charge >= 0.3 is 11.9 Å². The molecule has 10 heteroatoms. The molecule has 0 aliphatic carbocycles. The van der Waals surface area contributed by atoms with E-state index in [2.05, 4.69) is 4.74 Å². The van der Waals surface area contributed by atoms with Gasteiger partial charge in [0.05, 0.1) is 30.6 Å². The number of esters is 2. The Hall–Kier alpha value is -3.87. The van der Waals surface area contributed by atoms with Gasteiger partial charge in [0.15, 0.2) is 0 Å². The van der Waals surface area contributed by atoms with E-state index in [9.17, 15) is 25.0 Å². The molecule has 1 aromatic rings. The quantitative estimate of drug-likeness (QED) is 0.458. The van der Waals surface area contributed by atoms with E-state index < -0.39 is 29.2 Å². The predicted octanol–water partition coefficient (Wildman–Crippen LogP) is 1.39. The molecule has 0 unspecified atom stereocenters. The van der Waals surface area contributed by atoms with Crippen LogP contribution in [0.3, 0.4) is 0 Å². The van der Waals surface area contributed by atoms with Crippen LogP contribution in [0.25, 0.3) is 0 Å². The van der Waals surface area contributed by atoms with E-state index in [0.717, 1.165) is 14.2 Å². The molecule has 0 spiro atoms. The highest BCUT2D eigenvalue weighted by molar-refractivity contribution is 5.94. The summed E-state index contributed by atoms with van der Waals surface area (Å²) in [6, 6.07) is 7.38. The van der Waals surface area contributed by atoms with Gasteiger partial charge in [-0.05, 0) is 0 Å². The van der Waals surface area contributed by atoms with E-state index in [-0.39, 0.29) is 34.0 Å². The fraction of sp³-hybridized carbons (Fsp3) is 0.235. The van der Waals surface area contributed by atoms with Crippen molar-refractivity contribution in [3.8, 4) is 6.07 Å². The van der Waals surface area contributed by atoms with Crippen molar-refractivity contribution in [3.05, 3.63) is 62.7 Å². The van der Waals surface area contributed by atoms with Crippen LogP contribution in [0.15, 0.2) is 47.1 Å². The summed E-state index contributed by atoms with van der Waals surface area (Å²) in [6.45, 7) is 0. The van der Waals surface area contributed by atoms with Gasteiger partial charge < -0.3 is 19.9 Å². The Bertz CT molecular complexity index is 911. The number of nitrogens with two attached hydrogens (primary N) is 1. The van der Waals surface area contributed by atoms with Crippen LogP contribution in [0, 0.1) is 21.4 Å². The number of nitro benzene ring substituents is 1. The number of methoxy groups -OCH3 is 2. The number of nitrogens with zero attached hydrogens (tertiary/aromatic N) is 2. The molecule has 0 bridgehead atoms. The maximum Gasteiger partial charge on any atom is 0.338 e. The Morgan fingerprint density at radius 3 is 2.56 bits per heavy atom. The minimum atomic E-state index is -1.24. The maximum atomic E-state index is 12.4. The number of carbonyl (C=O) groups is 2. The molecule has 0 saturated heterocycles.